The van der Waals surface area contributed by atoms with Gasteiger partial charge in [-0.15, -0.1) is 0 Å². The van der Waals surface area contributed by atoms with Gasteiger partial charge in [0.2, 0.25) is 5.95 Å². The average molecular weight is 458 g/mol. The highest BCUT2D eigenvalue weighted by atomic mass is 16.5. The third kappa shape index (κ3) is 4.25. The van der Waals surface area contributed by atoms with Gasteiger partial charge in [-0.25, -0.2) is 19.9 Å². The smallest absolute Gasteiger partial charge is 0.227 e. The minimum absolute atomic E-state index is 0.586. The molecular formula is C24H27N9O. The van der Waals surface area contributed by atoms with Gasteiger partial charge >= 0.3 is 0 Å². The van der Waals surface area contributed by atoms with Gasteiger partial charge in [0.1, 0.15) is 17.8 Å². The van der Waals surface area contributed by atoms with Crippen molar-refractivity contribution >= 4 is 34.2 Å². The highest BCUT2D eigenvalue weighted by molar-refractivity contribution is 5.92. The molecule has 0 unspecified atom stereocenters. The molecule has 10 heteroatoms. The van der Waals surface area contributed by atoms with Crippen LogP contribution in [0.2, 0.25) is 0 Å². The molecule has 3 aromatic heterocycles. The molecular weight excluding hydrogens is 430 g/mol. The van der Waals surface area contributed by atoms with E-state index in [1.807, 2.05) is 24.5 Å². The highest BCUT2D eigenvalue weighted by Crippen LogP contribution is 2.30. The Morgan fingerprint density at radius 1 is 0.853 bits per heavy atom. The molecule has 0 bridgehead atoms. The Labute approximate surface area is 197 Å². The van der Waals surface area contributed by atoms with Gasteiger partial charge < -0.3 is 30.2 Å². The van der Waals surface area contributed by atoms with Crippen LogP contribution in [0.5, 0.6) is 0 Å². The average Bonchev–Trinajstić information content (AvgIpc) is 3.35. The number of nitrogens with zero attached hydrogens (tertiary/aromatic N) is 6. The highest BCUT2D eigenvalue weighted by Gasteiger charge is 2.17. The summed E-state index contributed by atoms with van der Waals surface area (Å²) < 4.78 is 5.48. The summed E-state index contributed by atoms with van der Waals surface area (Å²) in [6.45, 7) is 7.05. The summed E-state index contributed by atoms with van der Waals surface area (Å²) in [5.41, 5.74) is 4.91. The zero-order valence-corrected chi connectivity index (χ0v) is 18.9. The number of H-pyrrole nitrogens is 1. The first-order valence-corrected chi connectivity index (χ1v) is 11.6. The second-order valence-corrected chi connectivity index (χ2v) is 8.45. The molecule has 4 aromatic rings. The lowest BCUT2D eigenvalue weighted by Gasteiger charge is -2.28. The van der Waals surface area contributed by atoms with E-state index in [0.29, 0.717) is 5.95 Å². The molecule has 6 rings (SSSR count). The molecule has 174 valence electrons. The van der Waals surface area contributed by atoms with Crippen molar-refractivity contribution in [2.45, 2.75) is 0 Å². The summed E-state index contributed by atoms with van der Waals surface area (Å²) in [6.07, 6.45) is 5.38. The maximum atomic E-state index is 5.48. The van der Waals surface area contributed by atoms with E-state index in [9.17, 15) is 0 Å². The predicted molar refractivity (Wildman–Crippen MR) is 133 cm³/mol. The number of nitrogens with one attached hydrogen (secondary N) is 3. The first-order chi connectivity index (χ1) is 16.8. The number of piperazine rings is 1. The number of morpholine rings is 1. The van der Waals surface area contributed by atoms with Crippen LogP contribution < -0.4 is 20.4 Å². The van der Waals surface area contributed by atoms with Crippen LogP contribution in [-0.2, 0) is 4.74 Å². The van der Waals surface area contributed by atoms with E-state index in [2.05, 4.69) is 63.6 Å². The van der Waals surface area contributed by atoms with Gasteiger partial charge in [-0.3, -0.25) is 0 Å². The molecule has 0 saturated carbocycles. The van der Waals surface area contributed by atoms with Crippen LogP contribution in [-0.4, -0.2) is 77.4 Å². The molecule has 2 saturated heterocycles. The van der Waals surface area contributed by atoms with Crippen molar-refractivity contribution in [1.82, 2.24) is 30.2 Å². The number of hydrogen-bond donors (Lipinski definition) is 3. The van der Waals surface area contributed by atoms with Crippen LogP contribution in [0.25, 0.3) is 22.3 Å². The van der Waals surface area contributed by atoms with Gasteiger partial charge in [-0.2, -0.15) is 0 Å². The molecule has 34 heavy (non-hydrogen) atoms. The molecule has 3 N–H and O–H groups in total. The standard InChI is InChI=1S/C24H27N9O/c1-3-18(30-24-26-14-19(15-27-24)32-7-5-25-6-8-32)4-2-17(1)21-13-20-22(31-21)28-16-29-23(20)33-9-11-34-12-10-33/h1-4,13-16,25H,5-12H2,(H,26,27,30)(H,28,29,31). The molecule has 0 aliphatic carbocycles. The Morgan fingerprint density at radius 3 is 2.38 bits per heavy atom. The van der Waals surface area contributed by atoms with E-state index in [4.69, 9.17) is 4.74 Å². The van der Waals surface area contributed by atoms with Gasteiger partial charge in [0.25, 0.3) is 0 Å². The first kappa shape index (κ1) is 20.8. The molecule has 0 amide bonds. The molecule has 2 aliphatic heterocycles. The van der Waals surface area contributed by atoms with Crippen molar-refractivity contribution in [2.24, 2.45) is 0 Å². The summed E-state index contributed by atoms with van der Waals surface area (Å²) in [6, 6.07) is 10.3. The zero-order chi connectivity index (χ0) is 22.7. The van der Waals surface area contributed by atoms with Crippen molar-refractivity contribution in [2.75, 3.05) is 67.6 Å². The Morgan fingerprint density at radius 2 is 1.62 bits per heavy atom. The quantitative estimate of drug-likeness (QED) is 0.416. The van der Waals surface area contributed by atoms with E-state index >= 15 is 0 Å². The number of hydrogen-bond acceptors (Lipinski definition) is 9. The maximum Gasteiger partial charge on any atom is 0.227 e. The number of rotatable bonds is 5. The summed E-state index contributed by atoms with van der Waals surface area (Å²) in [5.74, 6) is 1.54. The Hall–Kier alpha value is -3.76. The van der Waals surface area contributed by atoms with E-state index in [-0.39, 0.29) is 0 Å². The number of anilines is 4. The predicted octanol–water partition coefficient (Wildman–Crippen LogP) is 2.40. The molecule has 2 aliphatic rings. The fraction of sp³-hybridized carbons (Fsp3) is 0.333. The monoisotopic (exact) mass is 457 g/mol. The van der Waals surface area contributed by atoms with Gasteiger partial charge in [0, 0.05) is 50.6 Å². The van der Waals surface area contributed by atoms with Crippen LogP contribution in [0.15, 0.2) is 49.1 Å². The lowest BCUT2D eigenvalue weighted by Crippen LogP contribution is -2.43. The molecule has 0 atom stereocenters. The number of benzene rings is 1. The number of ether oxygens (including phenoxy) is 1. The Kier molecular flexibility index (Phi) is 5.66. The van der Waals surface area contributed by atoms with Gasteiger partial charge in [-0.1, -0.05) is 12.1 Å². The molecule has 5 heterocycles. The van der Waals surface area contributed by atoms with E-state index in [1.165, 1.54) is 0 Å². The summed E-state index contributed by atoms with van der Waals surface area (Å²) in [4.78, 5) is 26.0. The molecule has 0 spiro atoms. The van der Waals surface area contributed by atoms with Crippen LogP contribution in [0, 0.1) is 0 Å². The van der Waals surface area contributed by atoms with Crippen LogP contribution in [0.4, 0.5) is 23.1 Å². The SMILES string of the molecule is c1nc(N2CCOCC2)c2cc(-c3ccc(Nc4ncc(N5CCNCC5)cn4)cc3)[nH]c2n1. The van der Waals surface area contributed by atoms with Crippen molar-refractivity contribution in [1.29, 1.82) is 0 Å². The van der Waals surface area contributed by atoms with Crippen molar-refractivity contribution in [3.63, 3.8) is 0 Å². The third-order valence-electron chi connectivity index (χ3n) is 6.29. The third-order valence-corrected chi connectivity index (χ3v) is 6.29. The van der Waals surface area contributed by atoms with Crippen LogP contribution in [0.1, 0.15) is 0 Å². The minimum atomic E-state index is 0.586. The number of fused-ring (bicyclic) bond motifs is 1. The Balaban J connectivity index is 1.17. The van der Waals surface area contributed by atoms with Crippen molar-refractivity contribution in [3.8, 4) is 11.3 Å². The summed E-state index contributed by atoms with van der Waals surface area (Å²) in [7, 11) is 0. The largest absolute Gasteiger partial charge is 0.378 e. The first-order valence-electron chi connectivity index (χ1n) is 11.6. The fourth-order valence-electron chi connectivity index (χ4n) is 4.44. The fourth-order valence-corrected chi connectivity index (χ4v) is 4.44. The second-order valence-electron chi connectivity index (χ2n) is 8.45. The van der Waals surface area contributed by atoms with E-state index in [0.717, 1.165) is 92.0 Å². The van der Waals surface area contributed by atoms with Gasteiger partial charge in [0.15, 0.2) is 0 Å². The van der Waals surface area contributed by atoms with Gasteiger partial charge in [-0.05, 0) is 23.8 Å². The van der Waals surface area contributed by atoms with Crippen molar-refractivity contribution in [3.05, 3.63) is 49.1 Å². The molecule has 2 fully saturated rings. The molecule has 0 radical (unpaired) electrons. The topological polar surface area (TPSA) is 107 Å². The van der Waals surface area contributed by atoms with Crippen LogP contribution in [0.3, 0.4) is 0 Å². The number of aromatic amines is 1. The molecule has 1 aromatic carbocycles. The molecule has 10 nitrogen and oxygen atoms in total. The van der Waals surface area contributed by atoms with E-state index in [1.54, 1.807) is 6.33 Å². The minimum Gasteiger partial charge on any atom is -0.378 e. The maximum absolute atomic E-state index is 5.48. The van der Waals surface area contributed by atoms with Crippen LogP contribution >= 0.6 is 0 Å². The van der Waals surface area contributed by atoms with E-state index < -0.39 is 0 Å². The van der Waals surface area contributed by atoms with Crippen molar-refractivity contribution < 1.29 is 4.74 Å². The van der Waals surface area contributed by atoms with Gasteiger partial charge in [0.05, 0.1) is 36.7 Å². The lowest BCUT2D eigenvalue weighted by atomic mass is 10.1. The second kappa shape index (κ2) is 9.24. The summed E-state index contributed by atoms with van der Waals surface area (Å²) in [5, 5.41) is 7.67. The summed E-state index contributed by atoms with van der Waals surface area (Å²) >= 11 is 0. The lowest BCUT2D eigenvalue weighted by molar-refractivity contribution is 0.122. The zero-order valence-electron chi connectivity index (χ0n) is 18.9. The number of aromatic nitrogens is 5. The Bertz CT molecular complexity index is 1240. The normalized spacial score (nSPS) is 16.7.